The van der Waals surface area contributed by atoms with Gasteiger partial charge in [-0.2, -0.15) is 13.2 Å². The molecule has 0 atom stereocenters. The van der Waals surface area contributed by atoms with Crippen LogP contribution in [0, 0.1) is 0 Å². The Morgan fingerprint density at radius 3 is 2.64 bits per heavy atom. The highest BCUT2D eigenvalue weighted by Crippen LogP contribution is 2.29. The molecule has 1 aromatic heterocycles. The molecule has 0 aliphatic carbocycles. The first-order valence-corrected chi connectivity index (χ1v) is 7.47. The molecule has 1 amide bonds. The lowest BCUT2D eigenvalue weighted by Crippen LogP contribution is -2.43. The van der Waals surface area contributed by atoms with Gasteiger partial charge in [-0.1, -0.05) is 6.92 Å². The predicted octanol–water partition coefficient (Wildman–Crippen LogP) is 1.35. The first-order valence-electron chi connectivity index (χ1n) is 6.59. The van der Waals surface area contributed by atoms with Crippen molar-refractivity contribution in [1.82, 2.24) is 20.9 Å². The number of carbonyl (C=O) groups excluding carboxylic acids is 1. The number of hydrogen-bond acceptors (Lipinski definition) is 4. The van der Waals surface area contributed by atoms with Gasteiger partial charge >= 0.3 is 6.18 Å². The van der Waals surface area contributed by atoms with Crippen molar-refractivity contribution in [2.24, 2.45) is 4.99 Å². The summed E-state index contributed by atoms with van der Waals surface area (Å²) in [6.07, 6.45) is -3.60. The maximum atomic E-state index is 12.4. The predicted molar refractivity (Wildman–Crippen MR) is 78.6 cm³/mol. The van der Waals surface area contributed by atoms with E-state index < -0.39 is 11.9 Å². The molecule has 0 fully saturated rings. The fourth-order valence-electron chi connectivity index (χ4n) is 1.39. The summed E-state index contributed by atoms with van der Waals surface area (Å²) in [4.78, 5) is 18.8. The number of hydrogen-bond donors (Lipinski definition) is 3. The molecule has 0 unspecified atom stereocenters. The average Bonchev–Trinajstić information content (AvgIpc) is 2.94. The second-order valence-corrected chi connectivity index (χ2v) is 5.20. The Hall–Kier alpha value is -1.84. The minimum Gasteiger partial charge on any atom is -0.355 e. The number of guanidine groups is 1. The number of carbonyl (C=O) groups is 1. The maximum Gasteiger partial charge on any atom is 0.434 e. The zero-order valence-corrected chi connectivity index (χ0v) is 13.1. The van der Waals surface area contributed by atoms with E-state index in [-0.39, 0.29) is 24.0 Å². The lowest BCUT2D eigenvalue weighted by molar-refractivity contribution is -0.140. The van der Waals surface area contributed by atoms with E-state index in [1.54, 1.807) is 0 Å². The molecular weight excluding hydrogens is 319 g/mol. The van der Waals surface area contributed by atoms with Crippen LogP contribution >= 0.6 is 11.3 Å². The molecule has 22 heavy (non-hydrogen) atoms. The standard InChI is InChI=1S/C12H18F3N5OS/c1-3-4-17-9(21)5-18-11(16-2)19-6-10-20-8(7-22-10)12(13,14)15/h7H,3-6H2,1-2H3,(H,17,21)(H2,16,18,19). The van der Waals surface area contributed by atoms with E-state index in [1.165, 1.54) is 7.05 Å². The summed E-state index contributed by atoms with van der Waals surface area (Å²) >= 11 is 0.909. The summed E-state index contributed by atoms with van der Waals surface area (Å²) in [5.41, 5.74) is -0.906. The van der Waals surface area contributed by atoms with Crippen molar-refractivity contribution in [3.8, 4) is 0 Å². The number of nitrogens with zero attached hydrogens (tertiary/aromatic N) is 2. The fourth-order valence-corrected chi connectivity index (χ4v) is 2.13. The second kappa shape index (κ2) is 8.57. The van der Waals surface area contributed by atoms with Crippen LogP contribution in [0.25, 0.3) is 0 Å². The molecule has 0 spiro atoms. The van der Waals surface area contributed by atoms with E-state index in [9.17, 15) is 18.0 Å². The lowest BCUT2D eigenvalue weighted by atomic mass is 10.4. The van der Waals surface area contributed by atoms with Crippen molar-refractivity contribution in [2.45, 2.75) is 26.1 Å². The van der Waals surface area contributed by atoms with Gasteiger partial charge < -0.3 is 16.0 Å². The average molecular weight is 337 g/mol. The molecule has 3 N–H and O–H groups in total. The molecule has 0 aromatic carbocycles. The van der Waals surface area contributed by atoms with Gasteiger partial charge in [0, 0.05) is 19.0 Å². The van der Waals surface area contributed by atoms with Crippen LogP contribution in [0.2, 0.25) is 0 Å². The number of nitrogens with one attached hydrogen (secondary N) is 3. The Kier molecular flexibility index (Phi) is 7.09. The molecule has 0 radical (unpaired) electrons. The number of halogens is 3. The van der Waals surface area contributed by atoms with Crippen LogP contribution in [0.3, 0.4) is 0 Å². The summed E-state index contributed by atoms with van der Waals surface area (Å²) < 4.78 is 37.3. The minimum absolute atomic E-state index is 0.0331. The van der Waals surface area contributed by atoms with Crippen molar-refractivity contribution in [3.63, 3.8) is 0 Å². The molecule has 0 aliphatic heterocycles. The van der Waals surface area contributed by atoms with E-state index in [2.05, 4.69) is 25.9 Å². The Bertz CT molecular complexity index is 515. The third-order valence-corrected chi connectivity index (χ3v) is 3.31. The monoisotopic (exact) mass is 337 g/mol. The first kappa shape index (κ1) is 18.2. The molecule has 6 nitrogen and oxygen atoms in total. The topological polar surface area (TPSA) is 78.4 Å². The van der Waals surface area contributed by atoms with Crippen molar-refractivity contribution < 1.29 is 18.0 Å². The van der Waals surface area contributed by atoms with E-state index in [0.29, 0.717) is 12.5 Å². The number of aromatic nitrogens is 1. The largest absolute Gasteiger partial charge is 0.434 e. The number of alkyl halides is 3. The van der Waals surface area contributed by atoms with E-state index >= 15 is 0 Å². The van der Waals surface area contributed by atoms with Gasteiger partial charge in [0.2, 0.25) is 5.91 Å². The van der Waals surface area contributed by atoms with Gasteiger partial charge in [-0.15, -0.1) is 11.3 Å². The first-order chi connectivity index (χ1) is 10.4. The molecule has 124 valence electrons. The van der Waals surface area contributed by atoms with Crippen molar-refractivity contribution in [3.05, 3.63) is 16.1 Å². The molecule has 0 saturated carbocycles. The summed E-state index contributed by atoms with van der Waals surface area (Å²) in [5, 5.41) is 9.50. The third-order valence-electron chi connectivity index (χ3n) is 2.46. The van der Waals surface area contributed by atoms with Gasteiger partial charge in [-0.05, 0) is 6.42 Å². The minimum atomic E-state index is -4.44. The Morgan fingerprint density at radius 2 is 2.09 bits per heavy atom. The van der Waals surface area contributed by atoms with Crippen molar-refractivity contribution in [1.29, 1.82) is 0 Å². The van der Waals surface area contributed by atoms with Crippen molar-refractivity contribution >= 4 is 23.2 Å². The molecule has 1 rings (SSSR count). The summed E-state index contributed by atoms with van der Waals surface area (Å²) in [6, 6.07) is 0. The van der Waals surface area contributed by atoms with Crippen LogP contribution in [0.4, 0.5) is 13.2 Å². The quantitative estimate of drug-likeness (QED) is 0.541. The molecule has 0 saturated heterocycles. The Morgan fingerprint density at radius 1 is 1.36 bits per heavy atom. The second-order valence-electron chi connectivity index (χ2n) is 4.25. The van der Waals surface area contributed by atoms with Crippen molar-refractivity contribution in [2.75, 3.05) is 20.1 Å². The van der Waals surface area contributed by atoms with Gasteiger partial charge in [0.25, 0.3) is 0 Å². The van der Waals surface area contributed by atoms with Gasteiger partial charge in [-0.25, -0.2) is 4.98 Å². The van der Waals surface area contributed by atoms with E-state index in [0.717, 1.165) is 23.1 Å². The Balaban J connectivity index is 2.41. The van der Waals surface area contributed by atoms with Crippen LogP contribution in [0.1, 0.15) is 24.0 Å². The molecular formula is C12H18F3N5OS. The Labute approximate surface area is 130 Å². The summed E-state index contributed by atoms with van der Waals surface area (Å²) in [5.74, 6) is 0.133. The number of rotatable bonds is 6. The summed E-state index contributed by atoms with van der Waals surface area (Å²) in [7, 11) is 1.50. The SMILES string of the molecule is CCCNC(=O)CNC(=NC)NCc1nc(C(F)(F)F)cs1. The van der Waals surface area contributed by atoms with E-state index in [4.69, 9.17) is 0 Å². The third kappa shape index (κ3) is 6.29. The van der Waals surface area contributed by atoms with Crippen LogP contribution in [-0.2, 0) is 17.5 Å². The van der Waals surface area contributed by atoms with Gasteiger partial charge in [0.15, 0.2) is 11.7 Å². The number of aliphatic imine (C=N–C) groups is 1. The normalized spacial score (nSPS) is 12.1. The smallest absolute Gasteiger partial charge is 0.355 e. The highest BCUT2D eigenvalue weighted by atomic mass is 32.1. The number of thiazole rings is 1. The van der Waals surface area contributed by atoms with Gasteiger partial charge in [0.1, 0.15) is 5.01 Å². The van der Waals surface area contributed by atoms with Gasteiger partial charge in [0.05, 0.1) is 13.1 Å². The van der Waals surface area contributed by atoms with E-state index in [1.807, 2.05) is 6.92 Å². The maximum absolute atomic E-state index is 12.4. The molecule has 1 heterocycles. The highest BCUT2D eigenvalue weighted by Gasteiger charge is 2.33. The van der Waals surface area contributed by atoms with Gasteiger partial charge in [-0.3, -0.25) is 9.79 Å². The molecule has 1 aromatic rings. The lowest BCUT2D eigenvalue weighted by Gasteiger charge is -2.10. The molecule has 0 aliphatic rings. The fraction of sp³-hybridized carbons (Fsp3) is 0.583. The van der Waals surface area contributed by atoms with Crippen LogP contribution in [-0.4, -0.2) is 37.0 Å². The zero-order valence-electron chi connectivity index (χ0n) is 12.3. The molecule has 10 heteroatoms. The molecule has 0 bridgehead atoms. The number of amides is 1. The van der Waals surface area contributed by atoms with Crippen LogP contribution in [0.5, 0.6) is 0 Å². The van der Waals surface area contributed by atoms with Crippen LogP contribution in [0.15, 0.2) is 10.4 Å². The highest BCUT2D eigenvalue weighted by molar-refractivity contribution is 7.09. The van der Waals surface area contributed by atoms with Crippen LogP contribution < -0.4 is 16.0 Å². The summed E-state index contributed by atoms with van der Waals surface area (Å²) in [6.45, 7) is 2.66. The zero-order chi connectivity index (χ0) is 16.6.